The lowest BCUT2D eigenvalue weighted by Gasteiger charge is -2.39. The van der Waals surface area contributed by atoms with Gasteiger partial charge in [-0.25, -0.2) is 9.59 Å². The Morgan fingerprint density at radius 1 is 0.449 bits per heavy atom. The molecule has 0 bridgehead atoms. The van der Waals surface area contributed by atoms with Gasteiger partial charge < -0.3 is 52.0 Å². The minimum absolute atomic E-state index is 0.00268. The summed E-state index contributed by atoms with van der Waals surface area (Å²) in [4.78, 5) is 123. The minimum atomic E-state index is -1.45. The number of carbonyl (C=O) groups excluding carboxylic acids is 9. The summed E-state index contributed by atoms with van der Waals surface area (Å²) in [5.74, 6) is -7.05. The molecule has 1 aliphatic carbocycles. The van der Waals surface area contributed by atoms with Gasteiger partial charge in [0, 0.05) is 0 Å². The van der Waals surface area contributed by atoms with Crippen molar-refractivity contribution in [3.05, 3.63) is 0 Å². The summed E-state index contributed by atoms with van der Waals surface area (Å²) in [6.07, 6.45) is 2.21. The van der Waals surface area contributed by atoms with E-state index in [1.54, 1.807) is 90.0 Å². The third-order valence-electron chi connectivity index (χ3n) is 12.0. The maximum atomic E-state index is 14.6. The summed E-state index contributed by atoms with van der Waals surface area (Å²) >= 11 is 0. The van der Waals surface area contributed by atoms with E-state index in [9.17, 15) is 43.2 Å². The highest BCUT2D eigenvalue weighted by molar-refractivity contribution is 5.99. The predicted molar refractivity (Wildman–Crippen MR) is 264 cm³/mol. The van der Waals surface area contributed by atoms with Gasteiger partial charge in [0.25, 0.3) is 0 Å². The molecule has 69 heavy (non-hydrogen) atoms. The molecular weight excluding hydrogens is 889 g/mol. The zero-order valence-corrected chi connectivity index (χ0v) is 45.0. The molecule has 0 saturated heterocycles. The Kier molecular flexibility index (Phi) is 25.2. The lowest BCUT2D eigenvalue weighted by Crippen LogP contribution is -2.67. The second-order valence-electron chi connectivity index (χ2n) is 22.3. The monoisotopic (exact) mass is 979 g/mol. The van der Waals surface area contributed by atoms with Crippen molar-refractivity contribution < 1.29 is 52.6 Å². The van der Waals surface area contributed by atoms with Gasteiger partial charge in [-0.15, -0.1) is 0 Å². The first-order valence-electron chi connectivity index (χ1n) is 25.0. The van der Waals surface area contributed by atoms with Crippen molar-refractivity contribution in [2.75, 3.05) is 7.11 Å². The van der Waals surface area contributed by atoms with E-state index in [0.717, 1.165) is 6.42 Å². The molecule has 0 aromatic carbocycles. The van der Waals surface area contributed by atoms with Crippen molar-refractivity contribution in [1.29, 1.82) is 0 Å². The summed E-state index contributed by atoms with van der Waals surface area (Å²) in [6.45, 7) is 30.1. The van der Waals surface area contributed by atoms with E-state index >= 15 is 0 Å². The minimum Gasteiger partial charge on any atom is -0.467 e. The fourth-order valence-electron chi connectivity index (χ4n) is 8.03. The summed E-state index contributed by atoms with van der Waals surface area (Å²) in [5, 5.41) is 22.4. The van der Waals surface area contributed by atoms with Crippen molar-refractivity contribution in [2.45, 2.75) is 216 Å². The summed E-state index contributed by atoms with van der Waals surface area (Å²) in [6, 6.07) is -7.50. The van der Waals surface area contributed by atoms with Crippen LogP contribution in [0, 0.1) is 41.4 Å². The van der Waals surface area contributed by atoms with Crippen molar-refractivity contribution >= 4 is 53.4 Å². The molecule has 19 heteroatoms. The van der Waals surface area contributed by atoms with Crippen LogP contribution in [0.3, 0.4) is 0 Å². The Bertz CT molecular complexity index is 1750. The van der Waals surface area contributed by atoms with Gasteiger partial charge in [0.1, 0.15) is 53.4 Å². The molecule has 7 atom stereocenters. The highest BCUT2D eigenvalue weighted by atomic mass is 16.6. The van der Waals surface area contributed by atoms with Crippen molar-refractivity contribution in [3.8, 4) is 0 Å². The van der Waals surface area contributed by atoms with Gasteiger partial charge in [0.2, 0.25) is 41.4 Å². The van der Waals surface area contributed by atoms with Crippen molar-refractivity contribution in [2.24, 2.45) is 41.4 Å². The van der Waals surface area contributed by atoms with E-state index in [2.05, 4.69) is 42.5 Å². The molecule has 8 amide bonds. The molecule has 19 nitrogen and oxygen atoms in total. The Labute approximate surface area is 412 Å². The first-order valence-corrected chi connectivity index (χ1v) is 25.0. The average molecular weight is 979 g/mol. The van der Waals surface area contributed by atoms with Crippen LogP contribution in [0.4, 0.5) is 4.79 Å². The van der Waals surface area contributed by atoms with Crippen LogP contribution in [0.25, 0.3) is 0 Å². The lowest BCUT2D eigenvalue weighted by molar-refractivity contribution is -0.147. The van der Waals surface area contributed by atoms with E-state index in [-0.39, 0.29) is 43.4 Å². The molecule has 0 heterocycles. The fraction of sp³-hybridized carbons (Fsp3) is 0.820. The van der Waals surface area contributed by atoms with Crippen LogP contribution in [-0.4, -0.2) is 114 Å². The van der Waals surface area contributed by atoms with Gasteiger partial charge in [-0.3, -0.25) is 33.6 Å². The van der Waals surface area contributed by atoms with E-state index in [0.29, 0.717) is 12.8 Å². The normalized spacial score (nSPS) is 16.9. The number of amides is 8. The molecule has 0 spiro atoms. The maximum absolute atomic E-state index is 14.6. The van der Waals surface area contributed by atoms with E-state index in [1.165, 1.54) is 7.11 Å². The Morgan fingerprint density at radius 3 is 1.17 bits per heavy atom. The van der Waals surface area contributed by atoms with Crippen LogP contribution in [0.2, 0.25) is 0 Å². The summed E-state index contributed by atoms with van der Waals surface area (Å²) < 4.78 is 10.2. The second kappa shape index (κ2) is 28.0. The van der Waals surface area contributed by atoms with Gasteiger partial charge in [0.15, 0.2) is 0 Å². The molecule has 0 unspecified atom stereocenters. The predicted octanol–water partition coefficient (Wildman–Crippen LogP) is 4.15. The second-order valence-corrected chi connectivity index (χ2v) is 22.3. The van der Waals surface area contributed by atoms with Crippen molar-refractivity contribution in [1.82, 2.24) is 42.5 Å². The largest absolute Gasteiger partial charge is 0.467 e. The Morgan fingerprint density at radius 2 is 0.797 bits per heavy atom. The quantitative estimate of drug-likeness (QED) is 0.0603. The van der Waals surface area contributed by atoms with E-state index in [4.69, 9.17) is 9.47 Å². The number of ether oxygens (including phenoxy) is 2. The molecule has 0 radical (unpaired) electrons. The molecule has 1 fully saturated rings. The van der Waals surface area contributed by atoms with Gasteiger partial charge in [-0.1, -0.05) is 116 Å². The standard InChI is InChI=1S/C50H90N8O11/c1-26(2)24-33(40(59)53-36(29(7)8)44(63)56-39(32(13)14)46(65)68-18)51-42(61)37(30(9)10)57-47(66)50(22-20-19-21-23-50)58-45(64)38(31(11)12)55-43(62)35(28(5)6)54-41(60)34(25-27(3)4)52-48(67)69-49(15,16)17/h26-39H,19-25H2,1-18H3,(H,51,61)(H,52,67)(H,53,59)(H,54,60)(H,55,62)(H,56,63)(H,57,66)(H,58,64)/t33-,34-,35-,36-,37-,38-,39-/m0/s1. The van der Waals surface area contributed by atoms with Gasteiger partial charge in [-0.05, 0) is 87.9 Å². The molecule has 1 aliphatic rings. The van der Waals surface area contributed by atoms with Crippen LogP contribution in [-0.2, 0) is 47.8 Å². The molecule has 8 N–H and O–H groups in total. The number of hydrogen-bond acceptors (Lipinski definition) is 11. The molecule has 0 aliphatic heterocycles. The van der Waals surface area contributed by atoms with Crippen LogP contribution in [0.1, 0.15) is 163 Å². The number of hydrogen-bond donors (Lipinski definition) is 8. The zero-order valence-electron chi connectivity index (χ0n) is 45.0. The smallest absolute Gasteiger partial charge is 0.408 e. The molecule has 1 rings (SSSR count). The molecule has 396 valence electrons. The third-order valence-corrected chi connectivity index (χ3v) is 12.0. The zero-order chi connectivity index (χ0) is 53.3. The number of rotatable bonds is 25. The van der Waals surface area contributed by atoms with Crippen LogP contribution < -0.4 is 42.5 Å². The van der Waals surface area contributed by atoms with E-state index in [1.807, 2.05) is 27.7 Å². The molecule has 0 aromatic heterocycles. The van der Waals surface area contributed by atoms with E-state index < -0.39 is 131 Å². The topological polar surface area (TPSA) is 268 Å². The third kappa shape index (κ3) is 20.5. The molecular formula is C50H90N8O11. The highest BCUT2D eigenvalue weighted by Gasteiger charge is 2.45. The first-order chi connectivity index (χ1) is 31.8. The Balaban J connectivity index is 3.40. The highest BCUT2D eigenvalue weighted by Crippen LogP contribution is 2.30. The number of methoxy groups -OCH3 is 1. The van der Waals surface area contributed by atoms with Crippen LogP contribution in [0.5, 0.6) is 0 Å². The maximum Gasteiger partial charge on any atom is 0.408 e. The molecule has 0 aromatic rings. The first kappa shape index (κ1) is 62.0. The summed E-state index contributed by atoms with van der Waals surface area (Å²) in [7, 11) is 1.22. The number of carbonyl (C=O) groups is 9. The summed E-state index contributed by atoms with van der Waals surface area (Å²) in [5.41, 5.74) is -2.25. The lowest BCUT2D eigenvalue weighted by atomic mass is 9.80. The van der Waals surface area contributed by atoms with Crippen molar-refractivity contribution in [3.63, 3.8) is 0 Å². The number of alkyl carbamates (subject to hydrolysis) is 1. The Hall–Kier alpha value is -4.97. The van der Waals surface area contributed by atoms with Gasteiger partial charge in [-0.2, -0.15) is 0 Å². The van der Waals surface area contributed by atoms with Crippen LogP contribution in [0.15, 0.2) is 0 Å². The fourth-order valence-corrected chi connectivity index (χ4v) is 8.03. The number of nitrogens with one attached hydrogen (secondary N) is 8. The number of esters is 1. The molecule has 1 saturated carbocycles. The SMILES string of the molecule is COC(=O)[C@@H](NC(=O)[C@@H](NC(=O)[C@H](CC(C)C)NC(=O)[C@@H](NC(=O)C1(NC(=O)[C@@H](NC(=O)[C@@H](NC(=O)[C@H](CC(C)C)NC(=O)OC(C)(C)C)C(C)C)C(C)C)CCCCC1)C(C)C)C(C)C)C(C)C. The average Bonchev–Trinajstić information content (AvgIpc) is 3.22. The van der Waals surface area contributed by atoms with Gasteiger partial charge in [0.05, 0.1) is 7.11 Å². The van der Waals surface area contributed by atoms with Gasteiger partial charge >= 0.3 is 12.1 Å². The van der Waals surface area contributed by atoms with Crippen LogP contribution >= 0.6 is 0 Å².